The van der Waals surface area contributed by atoms with Gasteiger partial charge in [0.2, 0.25) is 11.8 Å². The van der Waals surface area contributed by atoms with Gasteiger partial charge in [-0.25, -0.2) is 4.79 Å². The number of nitrogens with one attached hydrogen (secondary N) is 2. The number of rotatable bonds is 16. The monoisotopic (exact) mass is 656 g/mol. The van der Waals surface area contributed by atoms with Crippen LogP contribution >= 0.6 is 11.6 Å². The number of aliphatic hydroxyl groups excluding tert-OH is 1. The fourth-order valence-corrected chi connectivity index (χ4v) is 6.15. The summed E-state index contributed by atoms with van der Waals surface area (Å²) in [7, 11) is 1.70. The van der Waals surface area contributed by atoms with Crippen LogP contribution in [0.25, 0.3) is 0 Å². The number of likely N-dealkylation sites (N-methyl/N-ethyl adjacent to an activating group) is 1. The van der Waals surface area contributed by atoms with Gasteiger partial charge in [-0.15, -0.1) is 0 Å². The van der Waals surface area contributed by atoms with E-state index in [2.05, 4.69) is 10.6 Å². The van der Waals surface area contributed by atoms with Gasteiger partial charge in [0.25, 0.3) is 5.91 Å². The maximum atomic E-state index is 14.0. The van der Waals surface area contributed by atoms with Crippen molar-refractivity contribution in [1.82, 2.24) is 20.4 Å². The Morgan fingerprint density at radius 3 is 2.24 bits per heavy atom. The van der Waals surface area contributed by atoms with Gasteiger partial charge in [-0.1, -0.05) is 86.2 Å². The second-order valence-corrected chi connectivity index (χ2v) is 13.0. The molecule has 252 valence electrons. The Balaban J connectivity index is 1.80. The zero-order valence-electron chi connectivity index (χ0n) is 27.2. The number of benzene rings is 2. The fraction of sp³-hybridized carbons (Fsp3) is 0.543. The van der Waals surface area contributed by atoms with Gasteiger partial charge in [0.05, 0.1) is 6.04 Å². The number of aliphatic hydroxyl groups is 1. The maximum absolute atomic E-state index is 14.0. The topological polar surface area (TPSA) is 139 Å². The summed E-state index contributed by atoms with van der Waals surface area (Å²) < 4.78 is 0. The van der Waals surface area contributed by atoms with Crippen molar-refractivity contribution in [2.75, 3.05) is 13.6 Å². The van der Waals surface area contributed by atoms with Gasteiger partial charge in [-0.3, -0.25) is 19.3 Å². The minimum Gasteiger partial charge on any atom is -0.465 e. The standard InChI is InChI=1S/C35H49ClN4O6/c1-24(2)37-34(44)32(42)29(17-18-31(41)39(3)20-19-25-11-6-4-7-12-25)38-33(43)30(22-26-13-8-5-9-14-26)40(35(45)46)23-27-15-10-16-28(36)21-27/h4,6-7,10-12,15-16,21,24,26,29-30,32,42H,5,8-9,13-14,17-20,22-23H2,1-3H3,(H,37,44)(H,38,43)(H,45,46)/t29-,30-,32?/m0/s1. The van der Waals surface area contributed by atoms with Gasteiger partial charge in [0.15, 0.2) is 6.10 Å². The molecule has 0 heterocycles. The largest absolute Gasteiger partial charge is 0.465 e. The molecule has 1 aliphatic carbocycles. The van der Waals surface area contributed by atoms with Gasteiger partial charge in [0, 0.05) is 37.6 Å². The summed E-state index contributed by atoms with van der Waals surface area (Å²) in [4.78, 5) is 55.3. The van der Waals surface area contributed by atoms with E-state index in [1.807, 2.05) is 30.3 Å². The Hall–Kier alpha value is -3.63. The predicted octanol–water partition coefficient (Wildman–Crippen LogP) is 5.01. The Morgan fingerprint density at radius 1 is 0.935 bits per heavy atom. The molecule has 0 aliphatic heterocycles. The lowest BCUT2D eigenvalue weighted by molar-refractivity contribution is -0.136. The molecule has 3 atom stereocenters. The maximum Gasteiger partial charge on any atom is 0.408 e. The molecule has 11 heteroatoms. The van der Waals surface area contributed by atoms with Crippen LogP contribution in [-0.4, -0.2) is 81.6 Å². The average molecular weight is 657 g/mol. The highest BCUT2D eigenvalue weighted by atomic mass is 35.5. The third kappa shape index (κ3) is 11.9. The molecule has 10 nitrogen and oxygen atoms in total. The Labute approximate surface area is 277 Å². The molecule has 46 heavy (non-hydrogen) atoms. The van der Waals surface area contributed by atoms with Gasteiger partial charge in [-0.2, -0.15) is 0 Å². The number of hydrogen-bond donors (Lipinski definition) is 4. The summed E-state index contributed by atoms with van der Waals surface area (Å²) in [5.41, 5.74) is 1.73. The van der Waals surface area contributed by atoms with Crippen molar-refractivity contribution in [1.29, 1.82) is 0 Å². The molecule has 4 amide bonds. The van der Waals surface area contributed by atoms with Crippen molar-refractivity contribution in [3.05, 3.63) is 70.7 Å². The molecule has 1 aliphatic rings. The molecule has 4 N–H and O–H groups in total. The Morgan fingerprint density at radius 2 is 1.61 bits per heavy atom. The van der Waals surface area contributed by atoms with Crippen LogP contribution in [0.2, 0.25) is 5.02 Å². The number of carboxylic acid groups (broad SMARTS) is 1. The van der Waals surface area contributed by atoms with Crippen LogP contribution in [0.1, 0.15) is 76.3 Å². The zero-order valence-corrected chi connectivity index (χ0v) is 27.9. The predicted molar refractivity (Wildman–Crippen MR) is 178 cm³/mol. The third-order valence-electron chi connectivity index (χ3n) is 8.53. The van der Waals surface area contributed by atoms with Gasteiger partial charge in [-0.05, 0) is 62.3 Å². The van der Waals surface area contributed by atoms with Gasteiger partial charge in [0.1, 0.15) is 6.04 Å². The van der Waals surface area contributed by atoms with Crippen LogP contribution in [0.15, 0.2) is 54.6 Å². The second kappa shape index (κ2) is 18.5. The minimum absolute atomic E-state index is 0.00948. The van der Waals surface area contributed by atoms with Gasteiger partial charge >= 0.3 is 6.09 Å². The van der Waals surface area contributed by atoms with Crippen molar-refractivity contribution in [3.8, 4) is 0 Å². The summed E-state index contributed by atoms with van der Waals surface area (Å²) in [5, 5.41) is 27.3. The number of nitrogens with zero attached hydrogens (tertiary/aromatic N) is 2. The van der Waals surface area contributed by atoms with Crippen LogP contribution in [-0.2, 0) is 27.3 Å². The van der Waals surface area contributed by atoms with Crippen molar-refractivity contribution in [3.63, 3.8) is 0 Å². The summed E-state index contributed by atoms with van der Waals surface area (Å²) in [6, 6.07) is 14.2. The number of hydrogen-bond acceptors (Lipinski definition) is 5. The van der Waals surface area contributed by atoms with E-state index < -0.39 is 36.1 Å². The van der Waals surface area contributed by atoms with Crippen molar-refractivity contribution in [2.24, 2.45) is 5.92 Å². The molecule has 1 fully saturated rings. The Kier molecular flexibility index (Phi) is 14.8. The molecular weight excluding hydrogens is 608 g/mol. The van der Waals surface area contributed by atoms with Crippen LogP contribution in [0.4, 0.5) is 4.79 Å². The average Bonchev–Trinajstić information content (AvgIpc) is 3.03. The molecular formula is C35H49ClN4O6. The highest BCUT2D eigenvalue weighted by Crippen LogP contribution is 2.30. The third-order valence-corrected chi connectivity index (χ3v) is 8.76. The van der Waals surface area contributed by atoms with E-state index in [4.69, 9.17) is 11.6 Å². The molecule has 2 aromatic rings. The summed E-state index contributed by atoms with van der Waals surface area (Å²) in [6.07, 6.45) is 2.94. The highest BCUT2D eigenvalue weighted by Gasteiger charge is 2.36. The first-order chi connectivity index (χ1) is 21.9. The van der Waals surface area contributed by atoms with Crippen LogP contribution in [0.3, 0.4) is 0 Å². The lowest BCUT2D eigenvalue weighted by Crippen LogP contribution is -2.57. The number of amides is 4. The first-order valence-corrected chi connectivity index (χ1v) is 16.6. The molecule has 0 radical (unpaired) electrons. The highest BCUT2D eigenvalue weighted by molar-refractivity contribution is 6.30. The van der Waals surface area contributed by atoms with Crippen molar-refractivity contribution in [2.45, 2.75) is 102 Å². The van der Waals surface area contributed by atoms with Crippen LogP contribution in [0, 0.1) is 5.92 Å². The SMILES string of the molecule is CC(C)NC(=O)C(O)[C@H](CCC(=O)N(C)CCc1ccccc1)NC(=O)[C@H](CC1CCCCC1)N(Cc1cccc(Cl)c1)C(=O)O. The Bertz CT molecular complexity index is 1290. The molecule has 1 saturated carbocycles. The first kappa shape index (κ1) is 36.8. The normalized spacial score (nSPS) is 15.4. The molecule has 3 rings (SSSR count). The van der Waals surface area contributed by atoms with Gasteiger partial charge < -0.3 is 25.7 Å². The lowest BCUT2D eigenvalue weighted by atomic mass is 9.84. The van der Waals surface area contributed by atoms with Crippen molar-refractivity contribution >= 4 is 35.4 Å². The van der Waals surface area contributed by atoms with E-state index in [0.29, 0.717) is 30.0 Å². The first-order valence-electron chi connectivity index (χ1n) is 16.2. The smallest absolute Gasteiger partial charge is 0.408 e. The number of carbonyl (C=O) groups excluding carboxylic acids is 3. The van der Waals surface area contributed by atoms with E-state index in [-0.39, 0.29) is 37.3 Å². The summed E-state index contributed by atoms with van der Waals surface area (Å²) >= 11 is 6.17. The van der Waals surface area contributed by atoms with Crippen LogP contribution < -0.4 is 10.6 Å². The molecule has 2 aromatic carbocycles. The van der Waals surface area contributed by atoms with E-state index >= 15 is 0 Å². The zero-order chi connectivity index (χ0) is 33.6. The number of carbonyl (C=O) groups is 4. The summed E-state index contributed by atoms with van der Waals surface area (Å²) in [5.74, 6) is -1.33. The van der Waals surface area contributed by atoms with E-state index in [1.54, 1.807) is 50.1 Å². The molecule has 0 spiro atoms. The molecule has 0 saturated heterocycles. The summed E-state index contributed by atoms with van der Waals surface area (Å²) in [6.45, 7) is 3.93. The van der Waals surface area contributed by atoms with E-state index in [0.717, 1.165) is 42.6 Å². The van der Waals surface area contributed by atoms with E-state index in [1.165, 1.54) is 0 Å². The fourth-order valence-electron chi connectivity index (χ4n) is 5.93. The number of halogens is 1. The van der Waals surface area contributed by atoms with E-state index in [9.17, 15) is 29.4 Å². The van der Waals surface area contributed by atoms with Crippen LogP contribution in [0.5, 0.6) is 0 Å². The minimum atomic E-state index is -1.64. The molecule has 0 aromatic heterocycles. The molecule has 1 unspecified atom stereocenters. The molecule has 0 bridgehead atoms. The lowest BCUT2D eigenvalue weighted by Gasteiger charge is -2.34. The quantitative estimate of drug-likeness (QED) is 0.200. The van der Waals surface area contributed by atoms with Crippen molar-refractivity contribution < 1.29 is 29.4 Å². The second-order valence-electron chi connectivity index (χ2n) is 12.6.